The zero-order chi connectivity index (χ0) is 7.82. The lowest BCUT2D eigenvalue weighted by molar-refractivity contribution is 1.12. The molecule has 0 aromatic rings. The summed E-state index contributed by atoms with van der Waals surface area (Å²) in [6.45, 7) is 7.86. The topological polar surface area (TPSA) is 0 Å². The van der Waals surface area contributed by atoms with Crippen molar-refractivity contribution in [1.29, 1.82) is 0 Å². The summed E-state index contributed by atoms with van der Waals surface area (Å²) in [5.41, 5.74) is 1.39. The summed E-state index contributed by atoms with van der Waals surface area (Å²) in [6.07, 6.45) is 10.4. The molecule has 0 heterocycles. The van der Waals surface area contributed by atoms with E-state index in [1.165, 1.54) is 5.57 Å². The molecule has 0 rings (SSSR count). The highest BCUT2D eigenvalue weighted by atomic mass is 13.9. The first-order chi connectivity index (χ1) is 4.85. The van der Waals surface area contributed by atoms with E-state index in [0.717, 1.165) is 12.8 Å². The molecule has 0 amide bonds. The van der Waals surface area contributed by atoms with Gasteiger partial charge < -0.3 is 0 Å². The predicted molar refractivity (Wildman–Crippen MR) is 48.0 cm³/mol. The second-order valence-corrected chi connectivity index (χ2v) is 2.16. The Kier molecular flexibility index (Phi) is 5.85. The van der Waals surface area contributed by atoms with Crippen LogP contribution in [0.2, 0.25) is 0 Å². The largest absolute Gasteiger partial charge is 0.103 e. The first-order valence-electron chi connectivity index (χ1n) is 3.77. The van der Waals surface area contributed by atoms with Gasteiger partial charge >= 0.3 is 0 Å². The molecule has 0 saturated heterocycles. The van der Waals surface area contributed by atoms with Gasteiger partial charge in [0.2, 0.25) is 0 Å². The number of hydrogen-bond acceptors (Lipinski definition) is 0. The van der Waals surface area contributed by atoms with E-state index in [0.29, 0.717) is 0 Å². The fraction of sp³-hybridized carbons (Fsp3) is 0.400. The van der Waals surface area contributed by atoms with Crippen LogP contribution in [0.4, 0.5) is 0 Å². The molecule has 0 heteroatoms. The highest BCUT2D eigenvalue weighted by molar-refractivity contribution is 5.18. The molecule has 0 aliphatic rings. The van der Waals surface area contributed by atoms with Crippen molar-refractivity contribution in [2.75, 3.05) is 0 Å². The minimum absolute atomic E-state index is 0.980. The third-order valence-electron chi connectivity index (χ3n) is 1.34. The van der Waals surface area contributed by atoms with E-state index in [1.54, 1.807) is 0 Å². The standard InChI is InChI=1S/C10H16/c1-4-7-9-10(6-3)8-5-2/h4-5,8-9H,1,6-7H2,2-3H3. The van der Waals surface area contributed by atoms with Crippen molar-refractivity contribution in [3.8, 4) is 0 Å². The van der Waals surface area contributed by atoms with E-state index in [9.17, 15) is 0 Å². The first kappa shape index (κ1) is 9.22. The fourth-order valence-electron chi connectivity index (χ4n) is 0.779. The van der Waals surface area contributed by atoms with E-state index in [2.05, 4.69) is 31.7 Å². The molecule has 56 valence electrons. The van der Waals surface area contributed by atoms with Crippen LogP contribution in [0.5, 0.6) is 0 Å². The number of allylic oxidation sites excluding steroid dienone is 5. The van der Waals surface area contributed by atoms with Crippen LogP contribution >= 0.6 is 0 Å². The van der Waals surface area contributed by atoms with Crippen molar-refractivity contribution in [1.82, 2.24) is 0 Å². The van der Waals surface area contributed by atoms with Crippen LogP contribution in [0.1, 0.15) is 26.7 Å². The van der Waals surface area contributed by atoms with Gasteiger partial charge in [-0.05, 0) is 19.8 Å². The van der Waals surface area contributed by atoms with E-state index in [1.807, 2.05) is 13.0 Å². The van der Waals surface area contributed by atoms with Gasteiger partial charge in [-0.1, -0.05) is 36.8 Å². The molecule has 0 N–H and O–H groups in total. The maximum Gasteiger partial charge on any atom is -0.0166 e. The van der Waals surface area contributed by atoms with Crippen LogP contribution in [-0.2, 0) is 0 Å². The minimum atomic E-state index is 0.980. The molecule has 0 fully saturated rings. The van der Waals surface area contributed by atoms with Crippen LogP contribution in [0, 0.1) is 0 Å². The Hall–Kier alpha value is -0.780. The maximum absolute atomic E-state index is 3.66. The summed E-state index contributed by atoms with van der Waals surface area (Å²) in [7, 11) is 0. The molecule has 0 bridgehead atoms. The van der Waals surface area contributed by atoms with Gasteiger partial charge in [-0.15, -0.1) is 6.58 Å². The summed E-state index contributed by atoms with van der Waals surface area (Å²) in [5, 5.41) is 0. The number of rotatable bonds is 4. The molecule has 0 aromatic carbocycles. The van der Waals surface area contributed by atoms with Crippen molar-refractivity contribution in [3.05, 3.63) is 36.5 Å². The number of hydrogen-bond donors (Lipinski definition) is 0. The van der Waals surface area contributed by atoms with Crippen LogP contribution in [0.15, 0.2) is 36.5 Å². The lowest BCUT2D eigenvalue weighted by Crippen LogP contribution is -1.72. The molecule has 0 saturated carbocycles. The van der Waals surface area contributed by atoms with Crippen molar-refractivity contribution in [2.45, 2.75) is 26.7 Å². The summed E-state index contributed by atoms with van der Waals surface area (Å²) in [5.74, 6) is 0. The SMILES string of the molecule is C=CCC=C(C=CC)CC. The third-order valence-corrected chi connectivity index (χ3v) is 1.34. The van der Waals surface area contributed by atoms with Gasteiger partial charge in [0.25, 0.3) is 0 Å². The van der Waals surface area contributed by atoms with E-state index in [4.69, 9.17) is 0 Å². The molecule has 0 aromatic heterocycles. The van der Waals surface area contributed by atoms with Crippen molar-refractivity contribution < 1.29 is 0 Å². The molecule has 0 unspecified atom stereocenters. The van der Waals surface area contributed by atoms with Gasteiger partial charge in [-0.3, -0.25) is 0 Å². The van der Waals surface area contributed by atoms with E-state index in [-0.39, 0.29) is 0 Å². The van der Waals surface area contributed by atoms with Gasteiger partial charge in [0.15, 0.2) is 0 Å². The maximum atomic E-state index is 3.66. The Balaban J connectivity index is 3.90. The van der Waals surface area contributed by atoms with Crippen molar-refractivity contribution in [3.63, 3.8) is 0 Å². The van der Waals surface area contributed by atoms with Gasteiger partial charge in [0.1, 0.15) is 0 Å². The predicted octanol–water partition coefficient (Wildman–Crippen LogP) is 3.48. The average Bonchev–Trinajstić information content (AvgIpc) is 1.98. The highest BCUT2D eigenvalue weighted by Gasteiger charge is 1.83. The zero-order valence-corrected chi connectivity index (χ0v) is 6.93. The monoisotopic (exact) mass is 136 g/mol. The Bertz CT molecular complexity index is 138. The molecule has 0 spiro atoms. The average molecular weight is 136 g/mol. The summed E-state index contributed by atoms with van der Waals surface area (Å²) >= 11 is 0. The second-order valence-electron chi connectivity index (χ2n) is 2.16. The summed E-state index contributed by atoms with van der Waals surface area (Å²) < 4.78 is 0. The zero-order valence-electron chi connectivity index (χ0n) is 6.93. The van der Waals surface area contributed by atoms with Gasteiger partial charge in [0, 0.05) is 0 Å². The molecule has 0 aliphatic heterocycles. The molecule has 0 nitrogen and oxygen atoms in total. The second kappa shape index (κ2) is 6.34. The minimum Gasteiger partial charge on any atom is -0.103 e. The lowest BCUT2D eigenvalue weighted by atomic mass is 10.1. The normalized spacial score (nSPS) is 12.4. The van der Waals surface area contributed by atoms with E-state index < -0.39 is 0 Å². The quantitative estimate of drug-likeness (QED) is 0.410. The van der Waals surface area contributed by atoms with Gasteiger partial charge in [-0.25, -0.2) is 0 Å². The molecule has 10 heavy (non-hydrogen) atoms. The van der Waals surface area contributed by atoms with Crippen LogP contribution in [0.25, 0.3) is 0 Å². The Morgan fingerprint density at radius 3 is 2.60 bits per heavy atom. The van der Waals surface area contributed by atoms with Gasteiger partial charge in [0.05, 0.1) is 0 Å². The first-order valence-corrected chi connectivity index (χ1v) is 3.77. The van der Waals surface area contributed by atoms with Crippen LogP contribution in [-0.4, -0.2) is 0 Å². The van der Waals surface area contributed by atoms with E-state index >= 15 is 0 Å². The molecule has 0 atom stereocenters. The lowest BCUT2D eigenvalue weighted by Gasteiger charge is -1.93. The molecular weight excluding hydrogens is 120 g/mol. The highest BCUT2D eigenvalue weighted by Crippen LogP contribution is 2.03. The summed E-state index contributed by atoms with van der Waals surface area (Å²) in [6, 6.07) is 0. The molecular formula is C10H16. The van der Waals surface area contributed by atoms with Crippen molar-refractivity contribution in [2.24, 2.45) is 0 Å². The Morgan fingerprint density at radius 1 is 1.50 bits per heavy atom. The molecule has 0 aliphatic carbocycles. The van der Waals surface area contributed by atoms with Crippen molar-refractivity contribution >= 4 is 0 Å². The fourth-order valence-corrected chi connectivity index (χ4v) is 0.779. The molecule has 0 radical (unpaired) electrons. The Labute approximate surface area is 64.0 Å². The van der Waals surface area contributed by atoms with Crippen LogP contribution in [0.3, 0.4) is 0 Å². The third kappa shape index (κ3) is 4.13. The summed E-state index contributed by atoms with van der Waals surface area (Å²) in [4.78, 5) is 0. The Morgan fingerprint density at radius 2 is 2.20 bits per heavy atom. The van der Waals surface area contributed by atoms with Crippen LogP contribution < -0.4 is 0 Å². The smallest absolute Gasteiger partial charge is 0.0166 e. The van der Waals surface area contributed by atoms with Gasteiger partial charge in [-0.2, -0.15) is 0 Å².